The van der Waals surface area contributed by atoms with Crippen LogP contribution < -0.4 is 0 Å². The van der Waals surface area contributed by atoms with E-state index in [1.165, 1.54) is 0 Å². The number of rotatable bonds is 6. The van der Waals surface area contributed by atoms with Gasteiger partial charge in [-0.1, -0.05) is 30.3 Å². The molecule has 4 rings (SSSR count). The lowest BCUT2D eigenvalue weighted by atomic mass is 10.1. The molecule has 126 valence electrons. The van der Waals surface area contributed by atoms with Crippen LogP contribution in [-0.4, -0.2) is 34.3 Å². The number of benzene rings is 1. The molecular formula is C18H19N7. The van der Waals surface area contributed by atoms with Gasteiger partial charge < -0.3 is 14.1 Å². The number of imidazole rings is 2. The van der Waals surface area contributed by atoms with Crippen LogP contribution in [0.5, 0.6) is 0 Å². The van der Waals surface area contributed by atoms with Gasteiger partial charge in [-0.25, -0.2) is 9.97 Å². The topological polar surface area (TPSA) is 77.2 Å². The molecule has 0 aliphatic heterocycles. The second-order valence-corrected chi connectivity index (χ2v) is 5.72. The molecule has 1 N–H and O–H groups in total. The number of aromatic amines is 1. The Hall–Kier alpha value is -3.22. The first-order valence-electron chi connectivity index (χ1n) is 8.33. The van der Waals surface area contributed by atoms with Crippen LogP contribution in [0.4, 0.5) is 0 Å². The molecule has 3 aromatic heterocycles. The Morgan fingerprint density at radius 1 is 1.04 bits per heavy atom. The molecule has 25 heavy (non-hydrogen) atoms. The van der Waals surface area contributed by atoms with Gasteiger partial charge in [-0.3, -0.25) is 0 Å². The van der Waals surface area contributed by atoms with E-state index in [4.69, 9.17) is 0 Å². The lowest BCUT2D eigenvalue weighted by Crippen LogP contribution is -2.08. The largest absolute Gasteiger partial charge is 0.343 e. The number of aromatic nitrogens is 7. The third kappa shape index (κ3) is 2.96. The maximum absolute atomic E-state index is 4.65. The van der Waals surface area contributed by atoms with Gasteiger partial charge >= 0.3 is 0 Å². The minimum atomic E-state index is 0.758. The van der Waals surface area contributed by atoms with Gasteiger partial charge in [0, 0.05) is 37.5 Å². The van der Waals surface area contributed by atoms with Gasteiger partial charge in [-0.2, -0.15) is 0 Å². The SMILES string of the molecule is CCn1cnnc1CCn1cnc(-c2ccccc2)c1-c1ncc[nH]1. The number of nitrogens with one attached hydrogen (secondary N) is 1. The highest BCUT2D eigenvalue weighted by Gasteiger charge is 2.17. The Kier molecular flexibility index (Phi) is 4.12. The molecule has 0 saturated heterocycles. The zero-order valence-corrected chi connectivity index (χ0v) is 14.0. The summed E-state index contributed by atoms with van der Waals surface area (Å²) < 4.78 is 4.18. The zero-order valence-electron chi connectivity index (χ0n) is 14.0. The highest BCUT2D eigenvalue weighted by atomic mass is 15.3. The summed E-state index contributed by atoms with van der Waals surface area (Å²) in [5, 5.41) is 8.22. The molecule has 0 unspecified atom stereocenters. The van der Waals surface area contributed by atoms with Crippen molar-refractivity contribution in [3.8, 4) is 22.8 Å². The summed E-state index contributed by atoms with van der Waals surface area (Å²) >= 11 is 0. The molecule has 0 amide bonds. The monoisotopic (exact) mass is 333 g/mol. The molecule has 0 saturated carbocycles. The summed E-state index contributed by atoms with van der Waals surface area (Å²) in [6.07, 6.45) is 8.01. The molecule has 1 aromatic carbocycles. The van der Waals surface area contributed by atoms with E-state index in [-0.39, 0.29) is 0 Å². The lowest BCUT2D eigenvalue weighted by molar-refractivity contribution is 0.626. The van der Waals surface area contributed by atoms with Gasteiger partial charge in [0.2, 0.25) is 0 Å². The Morgan fingerprint density at radius 2 is 1.92 bits per heavy atom. The molecule has 7 heteroatoms. The van der Waals surface area contributed by atoms with Crippen LogP contribution in [0, 0.1) is 0 Å². The van der Waals surface area contributed by atoms with Crippen molar-refractivity contribution in [3.63, 3.8) is 0 Å². The molecule has 4 aromatic rings. The first-order chi connectivity index (χ1) is 12.4. The summed E-state index contributed by atoms with van der Waals surface area (Å²) in [5.41, 5.74) is 2.98. The molecule has 0 aliphatic rings. The molecule has 0 fully saturated rings. The van der Waals surface area contributed by atoms with E-state index in [2.05, 4.69) is 53.3 Å². The molecule has 0 aliphatic carbocycles. The molecule has 3 heterocycles. The minimum Gasteiger partial charge on any atom is -0.343 e. The van der Waals surface area contributed by atoms with Crippen molar-refractivity contribution >= 4 is 0 Å². The van der Waals surface area contributed by atoms with Gasteiger partial charge in [-0.05, 0) is 6.92 Å². The Labute approximate surface area is 145 Å². The van der Waals surface area contributed by atoms with E-state index in [1.807, 2.05) is 30.7 Å². The van der Waals surface area contributed by atoms with E-state index < -0.39 is 0 Å². The lowest BCUT2D eigenvalue weighted by Gasteiger charge is -2.09. The van der Waals surface area contributed by atoms with E-state index in [9.17, 15) is 0 Å². The number of hydrogen-bond acceptors (Lipinski definition) is 4. The van der Waals surface area contributed by atoms with Gasteiger partial charge in [0.25, 0.3) is 0 Å². The third-order valence-electron chi connectivity index (χ3n) is 4.22. The van der Waals surface area contributed by atoms with Crippen molar-refractivity contribution < 1.29 is 0 Å². The Balaban J connectivity index is 1.70. The Morgan fingerprint density at radius 3 is 2.68 bits per heavy atom. The molecule has 7 nitrogen and oxygen atoms in total. The average Bonchev–Trinajstić information content (AvgIpc) is 3.39. The molecule has 0 bridgehead atoms. The molecule has 0 atom stereocenters. The zero-order chi connectivity index (χ0) is 17.1. The molecule has 0 spiro atoms. The maximum Gasteiger partial charge on any atom is 0.156 e. The predicted molar refractivity (Wildman–Crippen MR) is 94.6 cm³/mol. The molecule has 0 radical (unpaired) electrons. The van der Waals surface area contributed by atoms with Crippen LogP contribution in [0.3, 0.4) is 0 Å². The summed E-state index contributed by atoms with van der Waals surface area (Å²) in [4.78, 5) is 12.3. The predicted octanol–water partition coefficient (Wildman–Crippen LogP) is 2.79. The quantitative estimate of drug-likeness (QED) is 0.588. The smallest absolute Gasteiger partial charge is 0.156 e. The maximum atomic E-state index is 4.65. The van der Waals surface area contributed by atoms with E-state index >= 15 is 0 Å². The highest BCUT2D eigenvalue weighted by molar-refractivity contribution is 5.75. The Bertz CT molecular complexity index is 935. The van der Waals surface area contributed by atoms with E-state index in [0.29, 0.717) is 0 Å². The van der Waals surface area contributed by atoms with Crippen molar-refractivity contribution in [1.29, 1.82) is 0 Å². The fraction of sp³-hybridized carbons (Fsp3) is 0.222. The van der Waals surface area contributed by atoms with Gasteiger partial charge in [0.1, 0.15) is 17.8 Å². The minimum absolute atomic E-state index is 0.758. The van der Waals surface area contributed by atoms with E-state index in [1.54, 1.807) is 12.5 Å². The van der Waals surface area contributed by atoms with Crippen molar-refractivity contribution in [3.05, 3.63) is 61.2 Å². The van der Waals surface area contributed by atoms with Crippen LogP contribution in [-0.2, 0) is 19.5 Å². The van der Waals surface area contributed by atoms with Gasteiger partial charge in [-0.15, -0.1) is 10.2 Å². The summed E-state index contributed by atoms with van der Waals surface area (Å²) in [6, 6.07) is 10.2. The average molecular weight is 333 g/mol. The number of nitrogens with zero attached hydrogens (tertiary/aromatic N) is 6. The van der Waals surface area contributed by atoms with Crippen molar-refractivity contribution in [2.75, 3.05) is 0 Å². The number of H-pyrrole nitrogens is 1. The third-order valence-corrected chi connectivity index (χ3v) is 4.22. The summed E-state index contributed by atoms with van der Waals surface area (Å²) in [7, 11) is 0. The second kappa shape index (κ2) is 6.72. The normalized spacial score (nSPS) is 11.1. The van der Waals surface area contributed by atoms with Crippen LogP contribution in [0.15, 0.2) is 55.4 Å². The van der Waals surface area contributed by atoms with Crippen molar-refractivity contribution in [2.45, 2.75) is 26.4 Å². The van der Waals surface area contributed by atoms with Crippen LogP contribution in [0.1, 0.15) is 12.7 Å². The van der Waals surface area contributed by atoms with Crippen molar-refractivity contribution in [2.24, 2.45) is 0 Å². The van der Waals surface area contributed by atoms with Crippen LogP contribution in [0.25, 0.3) is 22.8 Å². The fourth-order valence-corrected chi connectivity index (χ4v) is 2.96. The van der Waals surface area contributed by atoms with Gasteiger partial charge in [0.15, 0.2) is 5.82 Å². The summed E-state index contributed by atoms with van der Waals surface area (Å²) in [6.45, 7) is 3.72. The van der Waals surface area contributed by atoms with Crippen LogP contribution >= 0.6 is 0 Å². The fourth-order valence-electron chi connectivity index (χ4n) is 2.96. The highest BCUT2D eigenvalue weighted by Crippen LogP contribution is 2.29. The first-order valence-corrected chi connectivity index (χ1v) is 8.33. The summed E-state index contributed by atoms with van der Waals surface area (Å²) in [5.74, 6) is 1.79. The second-order valence-electron chi connectivity index (χ2n) is 5.72. The number of hydrogen-bond donors (Lipinski definition) is 1. The standard InChI is InChI=1S/C18H19N7/c1-2-24-13-22-23-15(24)8-11-25-12-21-16(14-6-4-3-5-7-14)17(25)18-19-9-10-20-18/h3-7,9-10,12-13H,2,8,11H2,1H3,(H,19,20). The van der Waals surface area contributed by atoms with Gasteiger partial charge in [0.05, 0.1) is 12.0 Å². The number of aryl methyl sites for hydroxylation is 3. The first kappa shape index (κ1) is 15.3. The van der Waals surface area contributed by atoms with Crippen LogP contribution in [0.2, 0.25) is 0 Å². The van der Waals surface area contributed by atoms with E-state index in [0.717, 1.165) is 48.1 Å². The van der Waals surface area contributed by atoms with Crippen molar-refractivity contribution in [1.82, 2.24) is 34.3 Å². The molecular weight excluding hydrogens is 314 g/mol.